The predicted octanol–water partition coefficient (Wildman–Crippen LogP) is 4.94. The van der Waals surface area contributed by atoms with Crippen molar-refractivity contribution in [2.45, 2.75) is 64.1 Å². The van der Waals surface area contributed by atoms with E-state index in [0.717, 1.165) is 15.4 Å². The molecule has 0 saturated carbocycles. The molecular formula is C33H43N3O7S. The lowest BCUT2D eigenvalue weighted by Gasteiger charge is -2.34. The number of rotatable bonds is 13. The Balaban J connectivity index is 2.10. The second-order valence-electron chi connectivity index (χ2n) is 11.4. The molecule has 1 atom stereocenters. The Morgan fingerprint density at radius 2 is 1.48 bits per heavy atom. The minimum absolute atomic E-state index is 0.0804. The molecule has 1 unspecified atom stereocenters. The average Bonchev–Trinajstić information content (AvgIpc) is 2.99. The summed E-state index contributed by atoms with van der Waals surface area (Å²) in [7, 11) is 0.155. The summed E-state index contributed by atoms with van der Waals surface area (Å²) in [6.07, 6.45) is 0.316. The Labute approximate surface area is 261 Å². The van der Waals surface area contributed by atoms with Gasteiger partial charge < -0.3 is 24.4 Å². The molecule has 3 aromatic rings. The molecule has 0 bridgehead atoms. The Hall–Kier alpha value is -4.25. The number of nitrogens with one attached hydrogen (secondary N) is 1. The van der Waals surface area contributed by atoms with Crippen LogP contribution in [0, 0.1) is 6.92 Å². The lowest BCUT2D eigenvalue weighted by Crippen LogP contribution is -2.55. The fourth-order valence-corrected chi connectivity index (χ4v) is 6.07. The number of nitrogens with zero attached hydrogens (tertiary/aromatic N) is 2. The Morgan fingerprint density at radius 1 is 0.864 bits per heavy atom. The van der Waals surface area contributed by atoms with Gasteiger partial charge in [-0.15, -0.1) is 0 Å². The first-order valence-electron chi connectivity index (χ1n) is 14.3. The van der Waals surface area contributed by atoms with Crippen LogP contribution in [0.4, 0.5) is 5.69 Å². The minimum atomic E-state index is -4.28. The van der Waals surface area contributed by atoms with E-state index in [4.69, 9.17) is 14.2 Å². The first-order chi connectivity index (χ1) is 20.7. The molecule has 2 amide bonds. The van der Waals surface area contributed by atoms with Gasteiger partial charge in [-0.2, -0.15) is 0 Å². The van der Waals surface area contributed by atoms with E-state index in [1.54, 1.807) is 43.5 Å². The maximum atomic E-state index is 14.3. The Morgan fingerprint density at radius 3 is 2.00 bits per heavy atom. The zero-order valence-corrected chi connectivity index (χ0v) is 27.5. The van der Waals surface area contributed by atoms with Gasteiger partial charge in [0.15, 0.2) is 11.5 Å². The van der Waals surface area contributed by atoms with Crippen LogP contribution in [0.1, 0.15) is 45.2 Å². The van der Waals surface area contributed by atoms with Crippen molar-refractivity contribution in [3.63, 3.8) is 0 Å². The summed E-state index contributed by atoms with van der Waals surface area (Å²) in [4.78, 5) is 29.1. The zero-order valence-electron chi connectivity index (χ0n) is 26.7. The summed E-state index contributed by atoms with van der Waals surface area (Å²) in [5.41, 5.74) is 1.44. The number of carbonyl (C=O) groups excluding carboxylic acids is 2. The molecule has 11 heteroatoms. The van der Waals surface area contributed by atoms with Crippen LogP contribution in [-0.4, -0.2) is 64.6 Å². The summed E-state index contributed by atoms with van der Waals surface area (Å²) in [5.74, 6) is 0.379. The van der Waals surface area contributed by atoms with E-state index >= 15 is 0 Å². The third kappa shape index (κ3) is 8.43. The van der Waals surface area contributed by atoms with Crippen molar-refractivity contribution in [3.05, 3.63) is 77.9 Å². The fraction of sp³-hybridized carbons (Fsp3) is 0.394. The van der Waals surface area contributed by atoms with Crippen LogP contribution in [0.25, 0.3) is 0 Å². The summed E-state index contributed by atoms with van der Waals surface area (Å²) in [6, 6.07) is 17.4. The smallest absolute Gasteiger partial charge is 0.264 e. The second kappa shape index (κ2) is 14.5. The minimum Gasteiger partial charge on any atom is -0.497 e. The van der Waals surface area contributed by atoms with Gasteiger partial charge in [-0.05, 0) is 76.1 Å². The predicted molar refractivity (Wildman–Crippen MR) is 171 cm³/mol. The van der Waals surface area contributed by atoms with Crippen molar-refractivity contribution in [2.75, 3.05) is 32.2 Å². The van der Waals surface area contributed by atoms with Gasteiger partial charge in [0.1, 0.15) is 18.3 Å². The molecule has 0 saturated heterocycles. The average molecular weight is 626 g/mol. The van der Waals surface area contributed by atoms with Crippen molar-refractivity contribution in [1.82, 2.24) is 10.2 Å². The van der Waals surface area contributed by atoms with Gasteiger partial charge in [-0.25, -0.2) is 8.42 Å². The summed E-state index contributed by atoms with van der Waals surface area (Å²) in [6.45, 7) is 8.83. The highest BCUT2D eigenvalue weighted by atomic mass is 32.2. The maximum Gasteiger partial charge on any atom is 0.264 e. The topological polar surface area (TPSA) is 114 Å². The van der Waals surface area contributed by atoms with Gasteiger partial charge in [0, 0.05) is 18.2 Å². The number of anilines is 1. The first-order valence-corrected chi connectivity index (χ1v) is 15.7. The molecule has 3 aromatic carbocycles. The van der Waals surface area contributed by atoms with E-state index in [1.807, 2.05) is 46.8 Å². The molecule has 0 spiro atoms. The monoisotopic (exact) mass is 625 g/mol. The van der Waals surface area contributed by atoms with E-state index < -0.39 is 34.1 Å². The molecule has 0 radical (unpaired) electrons. The molecular weight excluding hydrogens is 582 g/mol. The van der Waals surface area contributed by atoms with Gasteiger partial charge in [0.05, 0.1) is 31.9 Å². The molecule has 10 nitrogen and oxygen atoms in total. The quantitative estimate of drug-likeness (QED) is 0.286. The maximum absolute atomic E-state index is 14.3. The second-order valence-corrected chi connectivity index (χ2v) is 13.3. The molecule has 238 valence electrons. The highest BCUT2D eigenvalue weighted by Gasteiger charge is 2.35. The van der Waals surface area contributed by atoms with Crippen molar-refractivity contribution in [2.24, 2.45) is 0 Å². The van der Waals surface area contributed by atoms with Crippen LogP contribution in [0.15, 0.2) is 71.6 Å². The highest BCUT2D eigenvalue weighted by molar-refractivity contribution is 7.92. The van der Waals surface area contributed by atoms with Crippen LogP contribution in [0.2, 0.25) is 0 Å². The molecule has 3 rings (SSSR count). The van der Waals surface area contributed by atoms with Crippen LogP contribution < -0.4 is 23.8 Å². The van der Waals surface area contributed by atoms with Gasteiger partial charge in [-0.3, -0.25) is 13.9 Å². The van der Waals surface area contributed by atoms with Crippen LogP contribution in [0.3, 0.4) is 0 Å². The summed E-state index contributed by atoms with van der Waals surface area (Å²) in [5, 5.41) is 2.97. The third-order valence-corrected chi connectivity index (χ3v) is 8.71. The van der Waals surface area contributed by atoms with Crippen molar-refractivity contribution < 1.29 is 32.2 Å². The normalized spacial score (nSPS) is 12.2. The number of amides is 2. The largest absolute Gasteiger partial charge is 0.497 e. The van der Waals surface area contributed by atoms with E-state index in [-0.39, 0.29) is 23.1 Å². The fourth-order valence-electron chi connectivity index (χ4n) is 4.64. The molecule has 0 aliphatic rings. The number of carbonyl (C=O) groups is 2. The summed E-state index contributed by atoms with van der Waals surface area (Å²) >= 11 is 0. The van der Waals surface area contributed by atoms with Crippen LogP contribution in [0.5, 0.6) is 17.2 Å². The molecule has 0 fully saturated rings. The number of hydrogen-bond donors (Lipinski definition) is 1. The number of hydrogen-bond acceptors (Lipinski definition) is 7. The van der Waals surface area contributed by atoms with Crippen molar-refractivity contribution in [1.29, 1.82) is 0 Å². The van der Waals surface area contributed by atoms with Crippen LogP contribution in [-0.2, 0) is 26.2 Å². The standard InChI is InChI=1S/C33H43N3O7S/c1-9-28(32(38)34-33(3,4)5)35(21-24-12-16-26(41-6)17-13-24)31(37)22-36(25-14-10-23(2)11-15-25)44(39,40)27-18-19-29(42-7)30(20-27)43-8/h10-20,28H,9,21-22H2,1-8H3,(H,34,38). The van der Waals surface area contributed by atoms with E-state index in [0.29, 0.717) is 23.6 Å². The molecule has 1 N–H and O–H groups in total. The number of aryl methyl sites for hydroxylation is 1. The van der Waals surface area contributed by atoms with E-state index in [1.165, 1.54) is 37.3 Å². The molecule has 0 aliphatic heterocycles. The molecule has 0 heterocycles. The highest BCUT2D eigenvalue weighted by Crippen LogP contribution is 2.32. The van der Waals surface area contributed by atoms with E-state index in [2.05, 4.69) is 5.32 Å². The van der Waals surface area contributed by atoms with Crippen molar-refractivity contribution in [3.8, 4) is 17.2 Å². The number of ether oxygens (including phenoxy) is 3. The Kier molecular flexibility index (Phi) is 11.3. The number of benzene rings is 3. The number of sulfonamides is 1. The number of methoxy groups -OCH3 is 3. The Bertz CT molecular complexity index is 1530. The molecule has 44 heavy (non-hydrogen) atoms. The SMILES string of the molecule is CCC(C(=O)NC(C)(C)C)N(Cc1ccc(OC)cc1)C(=O)CN(c1ccc(C)cc1)S(=O)(=O)c1ccc(OC)c(OC)c1. The van der Waals surface area contributed by atoms with Gasteiger partial charge in [0.25, 0.3) is 10.0 Å². The zero-order chi connectivity index (χ0) is 32.7. The van der Waals surface area contributed by atoms with Gasteiger partial charge >= 0.3 is 0 Å². The lowest BCUT2D eigenvalue weighted by atomic mass is 10.1. The van der Waals surface area contributed by atoms with Gasteiger partial charge in [-0.1, -0.05) is 36.8 Å². The molecule has 0 aromatic heterocycles. The summed E-state index contributed by atoms with van der Waals surface area (Å²) < 4.78 is 45.4. The first kappa shape index (κ1) is 34.2. The van der Waals surface area contributed by atoms with Crippen molar-refractivity contribution >= 4 is 27.5 Å². The lowest BCUT2D eigenvalue weighted by molar-refractivity contribution is -0.141. The van der Waals surface area contributed by atoms with E-state index in [9.17, 15) is 18.0 Å². The van der Waals surface area contributed by atoms with Gasteiger partial charge in [0.2, 0.25) is 11.8 Å². The molecule has 0 aliphatic carbocycles. The van der Waals surface area contributed by atoms with Crippen LogP contribution >= 0.6 is 0 Å². The third-order valence-electron chi connectivity index (χ3n) is 6.94.